The van der Waals surface area contributed by atoms with Crippen molar-refractivity contribution in [3.05, 3.63) is 94.0 Å². The van der Waals surface area contributed by atoms with Gasteiger partial charge in [-0.1, -0.05) is 51.8 Å². The number of carbonyl (C=O) groups excluding carboxylic acids is 1. The van der Waals surface area contributed by atoms with Gasteiger partial charge in [0, 0.05) is 11.0 Å². The summed E-state index contributed by atoms with van der Waals surface area (Å²) in [6.07, 6.45) is -4.50. The van der Waals surface area contributed by atoms with Crippen molar-refractivity contribution >= 4 is 37.5 Å². The first-order valence-electron chi connectivity index (χ1n) is 9.74. The van der Waals surface area contributed by atoms with Crippen LogP contribution >= 0.6 is 15.9 Å². The van der Waals surface area contributed by atoms with Gasteiger partial charge in [0.05, 0.1) is 16.1 Å². The third kappa shape index (κ3) is 6.35. The van der Waals surface area contributed by atoms with E-state index in [1.165, 1.54) is 24.3 Å². The smallest absolute Gasteiger partial charge is 0.350 e. The van der Waals surface area contributed by atoms with Crippen molar-refractivity contribution in [3.8, 4) is 0 Å². The molecule has 10 heteroatoms. The van der Waals surface area contributed by atoms with Crippen LogP contribution < -0.4 is 9.62 Å². The van der Waals surface area contributed by atoms with E-state index in [0.717, 1.165) is 22.0 Å². The molecule has 0 aliphatic carbocycles. The lowest BCUT2D eigenvalue weighted by atomic mass is 10.1. The van der Waals surface area contributed by atoms with Gasteiger partial charge in [-0.2, -0.15) is 13.2 Å². The molecule has 0 atom stereocenters. The van der Waals surface area contributed by atoms with Crippen LogP contribution in [0.2, 0.25) is 0 Å². The average Bonchev–Trinajstić information content (AvgIpc) is 2.76. The Morgan fingerprint density at radius 1 is 1.00 bits per heavy atom. The zero-order valence-corrected chi connectivity index (χ0v) is 19.8. The zero-order valence-electron chi connectivity index (χ0n) is 17.4. The number of benzene rings is 3. The predicted octanol–water partition coefficient (Wildman–Crippen LogP) is 5.29. The van der Waals surface area contributed by atoms with Crippen molar-refractivity contribution in [2.24, 2.45) is 0 Å². The third-order valence-electron chi connectivity index (χ3n) is 4.74. The predicted molar refractivity (Wildman–Crippen MR) is 123 cm³/mol. The number of nitrogens with zero attached hydrogens (tertiary/aromatic N) is 1. The molecular formula is C23H20BrF3N2O3S. The molecule has 1 N–H and O–H groups in total. The van der Waals surface area contributed by atoms with E-state index in [-0.39, 0.29) is 22.7 Å². The van der Waals surface area contributed by atoms with Crippen LogP contribution in [-0.2, 0) is 27.5 Å². The summed E-state index contributed by atoms with van der Waals surface area (Å²) < 4.78 is 67.0. The minimum atomic E-state index is -4.50. The van der Waals surface area contributed by atoms with Crippen molar-refractivity contribution in [3.63, 3.8) is 0 Å². The van der Waals surface area contributed by atoms with E-state index in [1.54, 1.807) is 36.4 Å². The van der Waals surface area contributed by atoms with E-state index in [4.69, 9.17) is 0 Å². The van der Waals surface area contributed by atoms with E-state index in [9.17, 15) is 26.4 Å². The van der Waals surface area contributed by atoms with Crippen LogP contribution in [0, 0.1) is 6.92 Å². The lowest BCUT2D eigenvalue weighted by molar-refractivity contribution is -0.137. The molecule has 0 radical (unpaired) electrons. The summed E-state index contributed by atoms with van der Waals surface area (Å²) in [5, 5.41) is 2.50. The van der Waals surface area contributed by atoms with Gasteiger partial charge in [-0.05, 0) is 55.0 Å². The van der Waals surface area contributed by atoms with Crippen LogP contribution in [0.15, 0.2) is 82.2 Å². The van der Waals surface area contributed by atoms with E-state index < -0.39 is 34.2 Å². The lowest BCUT2D eigenvalue weighted by Gasteiger charge is -2.24. The zero-order chi connectivity index (χ0) is 24.2. The maximum atomic E-state index is 13.3. The van der Waals surface area contributed by atoms with Crippen molar-refractivity contribution in [2.75, 3.05) is 10.8 Å². The number of hydrogen-bond donors (Lipinski definition) is 1. The van der Waals surface area contributed by atoms with Gasteiger partial charge in [0.15, 0.2) is 0 Å². The van der Waals surface area contributed by atoms with Gasteiger partial charge in [-0.25, -0.2) is 8.42 Å². The second kappa shape index (κ2) is 9.96. The molecule has 0 aromatic heterocycles. The van der Waals surface area contributed by atoms with Crippen LogP contribution in [0.25, 0.3) is 0 Å². The van der Waals surface area contributed by atoms with Crippen molar-refractivity contribution < 1.29 is 26.4 Å². The number of amides is 1. The first-order valence-corrected chi connectivity index (χ1v) is 12.0. The highest BCUT2D eigenvalue weighted by atomic mass is 79.9. The SMILES string of the molecule is Cc1ccc(S(=O)(=O)N(CC(=O)NCc2cccc(C(F)(F)F)c2)c2cccc(Br)c2)cc1. The molecule has 0 bridgehead atoms. The monoisotopic (exact) mass is 540 g/mol. The quantitative estimate of drug-likeness (QED) is 0.443. The molecule has 0 unspecified atom stereocenters. The molecule has 3 aromatic carbocycles. The Morgan fingerprint density at radius 2 is 1.67 bits per heavy atom. The molecule has 5 nitrogen and oxygen atoms in total. The topological polar surface area (TPSA) is 66.5 Å². The second-order valence-corrected chi connectivity index (χ2v) is 10.1. The van der Waals surface area contributed by atoms with Crippen LogP contribution in [-0.4, -0.2) is 20.9 Å². The number of sulfonamides is 1. The highest BCUT2D eigenvalue weighted by Crippen LogP contribution is 2.30. The van der Waals surface area contributed by atoms with Gasteiger partial charge in [-0.15, -0.1) is 0 Å². The Labute approximate surface area is 198 Å². The fourth-order valence-corrected chi connectivity index (χ4v) is 4.83. The summed E-state index contributed by atoms with van der Waals surface area (Å²) in [5.41, 5.74) is 0.557. The molecule has 0 aliphatic heterocycles. The average molecular weight is 541 g/mol. The number of anilines is 1. The third-order valence-corrected chi connectivity index (χ3v) is 7.02. The Balaban J connectivity index is 1.83. The molecule has 33 heavy (non-hydrogen) atoms. The minimum absolute atomic E-state index is 0.0127. The van der Waals surface area contributed by atoms with Gasteiger partial charge >= 0.3 is 6.18 Å². The van der Waals surface area contributed by atoms with Gasteiger partial charge in [0.2, 0.25) is 5.91 Å². The maximum absolute atomic E-state index is 13.3. The van der Waals surface area contributed by atoms with E-state index in [1.807, 2.05) is 6.92 Å². The summed E-state index contributed by atoms with van der Waals surface area (Å²) in [4.78, 5) is 12.7. The van der Waals surface area contributed by atoms with Gasteiger partial charge in [0.25, 0.3) is 10.0 Å². The molecule has 0 saturated heterocycles. The molecule has 174 valence electrons. The number of nitrogens with one attached hydrogen (secondary N) is 1. The van der Waals surface area contributed by atoms with E-state index >= 15 is 0 Å². The Kier molecular flexibility index (Phi) is 7.48. The molecule has 1 amide bonds. The molecule has 3 rings (SSSR count). The Hall–Kier alpha value is -2.85. The number of carbonyl (C=O) groups is 1. The van der Waals surface area contributed by atoms with Crippen LogP contribution in [0.1, 0.15) is 16.7 Å². The van der Waals surface area contributed by atoms with Gasteiger partial charge in [-0.3, -0.25) is 9.10 Å². The molecular weight excluding hydrogens is 521 g/mol. The number of halogens is 4. The Bertz CT molecular complexity index is 1250. The summed E-state index contributed by atoms with van der Waals surface area (Å²) in [7, 11) is -4.09. The fourth-order valence-electron chi connectivity index (χ4n) is 3.03. The number of alkyl halides is 3. The number of aryl methyl sites for hydroxylation is 1. The van der Waals surface area contributed by atoms with E-state index in [2.05, 4.69) is 21.2 Å². The number of hydrogen-bond acceptors (Lipinski definition) is 3. The summed E-state index contributed by atoms with van der Waals surface area (Å²) >= 11 is 3.30. The lowest BCUT2D eigenvalue weighted by Crippen LogP contribution is -2.40. The van der Waals surface area contributed by atoms with Crippen LogP contribution in [0.3, 0.4) is 0 Å². The highest BCUT2D eigenvalue weighted by molar-refractivity contribution is 9.10. The largest absolute Gasteiger partial charge is 0.416 e. The van der Waals surface area contributed by atoms with Crippen molar-refractivity contribution in [2.45, 2.75) is 24.5 Å². The normalized spacial score (nSPS) is 11.8. The van der Waals surface area contributed by atoms with Crippen LogP contribution in [0.5, 0.6) is 0 Å². The van der Waals surface area contributed by atoms with Crippen molar-refractivity contribution in [1.29, 1.82) is 0 Å². The maximum Gasteiger partial charge on any atom is 0.416 e. The first kappa shape index (κ1) is 24.8. The summed E-state index contributed by atoms with van der Waals surface area (Å²) in [5.74, 6) is -0.664. The first-order chi connectivity index (χ1) is 15.5. The number of rotatable bonds is 7. The second-order valence-electron chi connectivity index (χ2n) is 7.28. The van der Waals surface area contributed by atoms with Crippen LogP contribution in [0.4, 0.5) is 18.9 Å². The molecule has 3 aromatic rings. The highest BCUT2D eigenvalue weighted by Gasteiger charge is 2.30. The summed E-state index contributed by atoms with van der Waals surface area (Å²) in [6, 6.07) is 17.3. The van der Waals surface area contributed by atoms with E-state index in [0.29, 0.717) is 4.47 Å². The standard InChI is InChI=1S/C23H20BrF3N2O3S/c1-16-8-10-21(11-9-16)33(31,32)29(20-7-3-6-19(24)13-20)15-22(30)28-14-17-4-2-5-18(12-17)23(25,26)27/h2-13H,14-15H2,1H3,(H,28,30). The van der Waals surface area contributed by atoms with Gasteiger partial charge in [0.1, 0.15) is 6.54 Å². The molecule has 0 heterocycles. The Morgan fingerprint density at radius 3 is 2.30 bits per heavy atom. The molecule has 0 aliphatic rings. The fraction of sp³-hybridized carbons (Fsp3) is 0.174. The minimum Gasteiger partial charge on any atom is -0.350 e. The van der Waals surface area contributed by atoms with Crippen molar-refractivity contribution in [1.82, 2.24) is 5.32 Å². The molecule has 0 fully saturated rings. The molecule has 0 spiro atoms. The van der Waals surface area contributed by atoms with Gasteiger partial charge < -0.3 is 5.32 Å². The summed E-state index contributed by atoms with van der Waals surface area (Å²) in [6.45, 7) is 1.09. The molecule has 0 saturated carbocycles.